The molecule has 1 saturated carbocycles. The van der Waals surface area contributed by atoms with Crippen molar-refractivity contribution in [3.8, 4) is 0 Å². The summed E-state index contributed by atoms with van der Waals surface area (Å²) in [6, 6.07) is 6.90. The smallest absolute Gasteiger partial charge is 0.307 e. The third-order valence-corrected chi connectivity index (χ3v) is 4.49. The zero-order valence-electron chi connectivity index (χ0n) is 15.0. The van der Waals surface area contributed by atoms with Gasteiger partial charge in [-0.1, -0.05) is 39.7 Å². The minimum Gasteiger partial charge on any atom is -0.481 e. The SMILES string of the molecule is CC(C)(C)C(=O)Nc1cccc(NC(=O)[C@@H]2CCCC[C@@H]2C(=O)O)c1. The number of anilines is 2. The predicted octanol–water partition coefficient (Wildman–Crippen LogP) is 3.50. The first-order chi connectivity index (χ1) is 11.7. The Hall–Kier alpha value is -2.37. The second kappa shape index (κ2) is 7.68. The number of rotatable bonds is 4. The molecule has 0 radical (unpaired) electrons. The highest BCUT2D eigenvalue weighted by Gasteiger charge is 2.35. The zero-order valence-corrected chi connectivity index (χ0v) is 15.0. The molecule has 3 N–H and O–H groups in total. The number of hydrogen-bond acceptors (Lipinski definition) is 3. The van der Waals surface area contributed by atoms with Gasteiger partial charge >= 0.3 is 5.97 Å². The molecule has 6 heteroatoms. The van der Waals surface area contributed by atoms with Crippen LogP contribution in [0.4, 0.5) is 11.4 Å². The van der Waals surface area contributed by atoms with Crippen LogP contribution in [-0.2, 0) is 14.4 Å². The molecule has 2 rings (SSSR count). The van der Waals surface area contributed by atoms with Gasteiger partial charge in [0.2, 0.25) is 11.8 Å². The third kappa shape index (κ3) is 5.05. The van der Waals surface area contributed by atoms with Gasteiger partial charge in [0.25, 0.3) is 0 Å². The van der Waals surface area contributed by atoms with E-state index in [2.05, 4.69) is 10.6 Å². The van der Waals surface area contributed by atoms with Crippen molar-refractivity contribution in [2.75, 3.05) is 10.6 Å². The lowest BCUT2D eigenvalue weighted by atomic mass is 9.78. The molecule has 1 aromatic rings. The second-order valence-electron chi connectivity index (χ2n) is 7.61. The molecular formula is C19H26N2O4. The number of carbonyl (C=O) groups excluding carboxylic acids is 2. The van der Waals surface area contributed by atoms with Gasteiger partial charge in [-0.15, -0.1) is 0 Å². The molecule has 2 amide bonds. The molecule has 0 unspecified atom stereocenters. The molecule has 1 aliphatic carbocycles. The maximum atomic E-state index is 12.5. The maximum Gasteiger partial charge on any atom is 0.307 e. The van der Waals surface area contributed by atoms with E-state index in [1.807, 2.05) is 20.8 Å². The highest BCUT2D eigenvalue weighted by atomic mass is 16.4. The molecule has 0 spiro atoms. The molecule has 25 heavy (non-hydrogen) atoms. The summed E-state index contributed by atoms with van der Waals surface area (Å²) in [6.07, 6.45) is 2.83. The van der Waals surface area contributed by atoms with Gasteiger partial charge in [0.1, 0.15) is 0 Å². The van der Waals surface area contributed by atoms with Crippen LogP contribution >= 0.6 is 0 Å². The van der Waals surface area contributed by atoms with E-state index < -0.39 is 23.2 Å². The van der Waals surface area contributed by atoms with Crippen molar-refractivity contribution >= 4 is 29.2 Å². The molecule has 1 aromatic carbocycles. The van der Waals surface area contributed by atoms with Crippen molar-refractivity contribution in [1.82, 2.24) is 0 Å². The van der Waals surface area contributed by atoms with Crippen LogP contribution in [0.15, 0.2) is 24.3 Å². The summed E-state index contributed by atoms with van der Waals surface area (Å²) < 4.78 is 0. The summed E-state index contributed by atoms with van der Waals surface area (Å²) in [6.45, 7) is 5.47. The third-order valence-electron chi connectivity index (χ3n) is 4.49. The Bertz CT molecular complexity index is 664. The van der Waals surface area contributed by atoms with E-state index in [1.165, 1.54) is 0 Å². The van der Waals surface area contributed by atoms with Crippen LogP contribution in [0.5, 0.6) is 0 Å². The lowest BCUT2D eigenvalue weighted by Crippen LogP contribution is -2.36. The van der Waals surface area contributed by atoms with E-state index in [1.54, 1.807) is 24.3 Å². The minimum atomic E-state index is -0.911. The number of aliphatic carboxylic acids is 1. The van der Waals surface area contributed by atoms with Crippen molar-refractivity contribution in [3.05, 3.63) is 24.3 Å². The van der Waals surface area contributed by atoms with Crippen molar-refractivity contribution in [2.45, 2.75) is 46.5 Å². The highest BCUT2D eigenvalue weighted by molar-refractivity contribution is 5.97. The molecule has 0 aliphatic heterocycles. The first-order valence-corrected chi connectivity index (χ1v) is 8.63. The van der Waals surface area contributed by atoms with E-state index >= 15 is 0 Å². The van der Waals surface area contributed by atoms with Gasteiger partial charge in [0.05, 0.1) is 11.8 Å². The number of carbonyl (C=O) groups is 3. The number of carboxylic acids is 1. The summed E-state index contributed by atoms with van der Waals surface area (Å²) >= 11 is 0. The van der Waals surface area contributed by atoms with Crippen molar-refractivity contribution in [1.29, 1.82) is 0 Å². The molecule has 0 bridgehead atoms. The molecule has 6 nitrogen and oxygen atoms in total. The van der Waals surface area contributed by atoms with Gasteiger partial charge in [-0.25, -0.2) is 0 Å². The van der Waals surface area contributed by atoms with Crippen LogP contribution in [0, 0.1) is 17.3 Å². The minimum absolute atomic E-state index is 0.116. The van der Waals surface area contributed by atoms with Crippen LogP contribution in [-0.4, -0.2) is 22.9 Å². The lowest BCUT2D eigenvalue weighted by Gasteiger charge is -2.27. The van der Waals surface area contributed by atoms with Gasteiger partial charge < -0.3 is 15.7 Å². The Morgan fingerprint density at radius 1 is 1.00 bits per heavy atom. The summed E-state index contributed by atoms with van der Waals surface area (Å²) in [4.78, 5) is 35.9. The maximum absolute atomic E-state index is 12.5. The van der Waals surface area contributed by atoms with Crippen molar-refractivity contribution < 1.29 is 19.5 Å². The Balaban J connectivity index is 2.07. The second-order valence-corrected chi connectivity index (χ2v) is 7.61. The standard InChI is InChI=1S/C19H26N2O4/c1-19(2,3)18(25)21-13-8-6-7-12(11-13)20-16(22)14-9-4-5-10-15(14)17(23)24/h6-8,11,14-15H,4-5,9-10H2,1-3H3,(H,20,22)(H,21,25)(H,23,24)/t14-,15+/m1/s1. The van der Waals surface area contributed by atoms with Crippen LogP contribution in [0.1, 0.15) is 46.5 Å². The van der Waals surface area contributed by atoms with Gasteiger partial charge in [-0.05, 0) is 31.0 Å². The Labute approximate surface area is 148 Å². The molecule has 136 valence electrons. The van der Waals surface area contributed by atoms with Gasteiger partial charge in [-0.2, -0.15) is 0 Å². The average Bonchev–Trinajstić information content (AvgIpc) is 2.54. The predicted molar refractivity (Wildman–Crippen MR) is 96.2 cm³/mol. The summed E-state index contributed by atoms with van der Waals surface area (Å²) in [7, 11) is 0. The Morgan fingerprint density at radius 2 is 1.56 bits per heavy atom. The van der Waals surface area contributed by atoms with Crippen LogP contribution in [0.3, 0.4) is 0 Å². The van der Waals surface area contributed by atoms with E-state index in [0.717, 1.165) is 12.8 Å². The fraction of sp³-hybridized carbons (Fsp3) is 0.526. The monoisotopic (exact) mass is 346 g/mol. The average molecular weight is 346 g/mol. The van der Waals surface area contributed by atoms with E-state index in [9.17, 15) is 19.5 Å². The van der Waals surface area contributed by atoms with Gasteiger partial charge in [0, 0.05) is 16.8 Å². The molecular weight excluding hydrogens is 320 g/mol. The topological polar surface area (TPSA) is 95.5 Å². The molecule has 0 saturated heterocycles. The fourth-order valence-electron chi connectivity index (χ4n) is 2.97. The molecule has 0 heterocycles. The number of amides is 2. The van der Waals surface area contributed by atoms with Crippen molar-refractivity contribution in [3.63, 3.8) is 0 Å². The van der Waals surface area contributed by atoms with E-state index in [-0.39, 0.29) is 11.8 Å². The summed E-state index contributed by atoms with van der Waals surface area (Å²) in [5.74, 6) is -2.44. The number of benzene rings is 1. The summed E-state index contributed by atoms with van der Waals surface area (Å²) in [5.41, 5.74) is 0.623. The van der Waals surface area contributed by atoms with E-state index in [0.29, 0.717) is 24.2 Å². The zero-order chi connectivity index (χ0) is 18.6. The molecule has 0 aromatic heterocycles. The molecule has 1 aliphatic rings. The van der Waals surface area contributed by atoms with Gasteiger partial charge in [-0.3, -0.25) is 14.4 Å². The van der Waals surface area contributed by atoms with Crippen LogP contribution in [0.25, 0.3) is 0 Å². The number of hydrogen-bond donors (Lipinski definition) is 3. The quantitative estimate of drug-likeness (QED) is 0.777. The van der Waals surface area contributed by atoms with E-state index in [4.69, 9.17) is 0 Å². The van der Waals surface area contributed by atoms with Crippen LogP contribution < -0.4 is 10.6 Å². The normalized spacial score (nSPS) is 20.6. The molecule has 2 atom stereocenters. The summed E-state index contributed by atoms with van der Waals surface area (Å²) in [5, 5.41) is 14.9. The molecule has 1 fully saturated rings. The first kappa shape index (κ1) is 19.0. The Morgan fingerprint density at radius 3 is 2.12 bits per heavy atom. The highest BCUT2D eigenvalue weighted by Crippen LogP contribution is 2.31. The number of carboxylic acid groups (broad SMARTS) is 1. The first-order valence-electron chi connectivity index (χ1n) is 8.63. The lowest BCUT2D eigenvalue weighted by molar-refractivity contribution is -0.147. The number of nitrogens with one attached hydrogen (secondary N) is 2. The largest absolute Gasteiger partial charge is 0.481 e. The fourth-order valence-corrected chi connectivity index (χ4v) is 2.97. The van der Waals surface area contributed by atoms with Gasteiger partial charge in [0.15, 0.2) is 0 Å². The Kier molecular flexibility index (Phi) is 5.82. The van der Waals surface area contributed by atoms with Crippen molar-refractivity contribution in [2.24, 2.45) is 17.3 Å². The van der Waals surface area contributed by atoms with Crippen LogP contribution in [0.2, 0.25) is 0 Å².